The van der Waals surface area contributed by atoms with Crippen LogP contribution in [0.4, 0.5) is 0 Å². The molecule has 1 heteroatoms. The highest BCUT2D eigenvalue weighted by Crippen LogP contribution is 2.29. The Hall–Kier alpha value is -1.60. The van der Waals surface area contributed by atoms with Crippen LogP contribution in [-0.2, 0) is 0 Å². The highest BCUT2D eigenvalue weighted by molar-refractivity contribution is 5.32. The molecular formula is C26H39N. The molecule has 0 aliphatic carbocycles. The van der Waals surface area contributed by atoms with Gasteiger partial charge in [-0.2, -0.15) is 0 Å². The summed E-state index contributed by atoms with van der Waals surface area (Å²) in [5, 5.41) is 0. The lowest BCUT2D eigenvalue weighted by Crippen LogP contribution is -2.29. The molecule has 0 atom stereocenters. The van der Waals surface area contributed by atoms with E-state index in [0.717, 1.165) is 11.8 Å². The Labute approximate surface area is 167 Å². The molecule has 1 nitrogen and oxygen atoms in total. The molecule has 0 fully saturated rings. The molecule has 0 aliphatic rings. The third-order valence-corrected chi connectivity index (χ3v) is 5.42. The Bertz CT molecular complexity index is 551. The lowest BCUT2D eigenvalue weighted by molar-refractivity contribution is 0.238. The Kier molecular flexibility index (Phi) is 9.62. The molecule has 0 bridgehead atoms. The summed E-state index contributed by atoms with van der Waals surface area (Å²) < 4.78 is 0. The zero-order valence-corrected chi connectivity index (χ0v) is 17.9. The summed E-state index contributed by atoms with van der Waals surface area (Å²) in [4.78, 5) is 2.70. The van der Waals surface area contributed by atoms with Crippen molar-refractivity contribution in [2.75, 3.05) is 19.6 Å². The van der Waals surface area contributed by atoms with Crippen molar-refractivity contribution in [1.82, 2.24) is 4.90 Å². The van der Waals surface area contributed by atoms with Crippen molar-refractivity contribution in [2.45, 2.75) is 59.3 Å². The molecule has 0 saturated carbocycles. The maximum atomic E-state index is 2.70. The summed E-state index contributed by atoms with van der Waals surface area (Å²) in [7, 11) is 0. The van der Waals surface area contributed by atoms with Gasteiger partial charge in [-0.1, -0.05) is 88.4 Å². The molecule has 0 radical (unpaired) electrons. The number of nitrogens with zero attached hydrogens (tertiary/aromatic N) is 1. The molecule has 0 saturated heterocycles. The van der Waals surface area contributed by atoms with Gasteiger partial charge in [-0.25, -0.2) is 0 Å². The minimum Gasteiger partial charge on any atom is -0.303 e. The Morgan fingerprint density at radius 3 is 1.44 bits per heavy atom. The van der Waals surface area contributed by atoms with E-state index >= 15 is 0 Å². The minimum atomic E-state index is 0.504. The van der Waals surface area contributed by atoms with E-state index in [2.05, 4.69) is 93.3 Å². The van der Waals surface area contributed by atoms with Crippen molar-refractivity contribution < 1.29 is 0 Å². The van der Waals surface area contributed by atoms with Crippen LogP contribution in [0.1, 0.15) is 70.4 Å². The fourth-order valence-electron chi connectivity index (χ4n) is 3.63. The van der Waals surface area contributed by atoms with Crippen LogP contribution in [0.15, 0.2) is 60.7 Å². The van der Waals surface area contributed by atoms with E-state index in [1.807, 2.05) is 0 Å². The van der Waals surface area contributed by atoms with Crippen molar-refractivity contribution >= 4 is 0 Å². The van der Waals surface area contributed by atoms with Crippen molar-refractivity contribution in [2.24, 2.45) is 11.8 Å². The van der Waals surface area contributed by atoms with Gasteiger partial charge in [0.15, 0.2) is 0 Å². The lowest BCUT2D eigenvalue weighted by Gasteiger charge is -2.25. The summed E-state index contributed by atoms with van der Waals surface area (Å²) in [6.45, 7) is 13.0. The summed E-state index contributed by atoms with van der Waals surface area (Å²) in [5.41, 5.74) is 2.89. The third-order valence-electron chi connectivity index (χ3n) is 5.42. The van der Waals surface area contributed by atoms with E-state index in [4.69, 9.17) is 0 Å². The van der Waals surface area contributed by atoms with Gasteiger partial charge in [-0.3, -0.25) is 0 Å². The van der Waals surface area contributed by atoms with Crippen LogP contribution in [0.3, 0.4) is 0 Å². The van der Waals surface area contributed by atoms with Gasteiger partial charge in [0, 0.05) is 5.92 Å². The maximum absolute atomic E-state index is 2.70. The van der Waals surface area contributed by atoms with Crippen LogP contribution in [0.25, 0.3) is 0 Å². The monoisotopic (exact) mass is 365 g/mol. The molecule has 2 aromatic rings. The van der Waals surface area contributed by atoms with Gasteiger partial charge in [0.05, 0.1) is 0 Å². The highest BCUT2D eigenvalue weighted by Gasteiger charge is 2.15. The van der Waals surface area contributed by atoms with Crippen LogP contribution < -0.4 is 0 Å². The first-order chi connectivity index (χ1) is 13.1. The average molecular weight is 366 g/mol. The molecule has 0 unspecified atom stereocenters. The van der Waals surface area contributed by atoms with Crippen molar-refractivity contribution in [3.05, 3.63) is 71.8 Å². The molecule has 27 heavy (non-hydrogen) atoms. The quantitative estimate of drug-likeness (QED) is 0.391. The van der Waals surface area contributed by atoms with E-state index in [-0.39, 0.29) is 0 Å². The highest BCUT2D eigenvalue weighted by atomic mass is 15.1. The van der Waals surface area contributed by atoms with Crippen LogP contribution in [0.2, 0.25) is 0 Å². The van der Waals surface area contributed by atoms with E-state index in [9.17, 15) is 0 Å². The number of rotatable bonds is 12. The Balaban J connectivity index is 1.97. The van der Waals surface area contributed by atoms with Crippen molar-refractivity contribution in [3.63, 3.8) is 0 Å². The normalized spacial score (nSPS) is 11.9. The Morgan fingerprint density at radius 2 is 1.04 bits per heavy atom. The molecule has 0 N–H and O–H groups in total. The first-order valence-corrected chi connectivity index (χ1v) is 10.9. The molecular weight excluding hydrogens is 326 g/mol. The second kappa shape index (κ2) is 12.0. The summed E-state index contributed by atoms with van der Waals surface area (Å²) in [6.07, 6.45) is 5.08. The van der Waals surface area contributed by atoms with Gasteiger partial charge in [0.2, 0.25) is 0 Å². The van der Waals surface area contributed by atoms with Crippen LogP contribution in [0.5, 0.6) is 0 Å². The molecule has 2 rings (SSSR count). The second-order valence-corrected chi connectivity index (χ2v) is 8.72. The standard InChI is InChI=1S/C26H39N/c1-22(2)17-20-27(21-18-23(3)4)19-11-16-26(24-12-7-5-8-13-24)25-14-9-6-10-15-25/h5-10,12-15,22-23,26H,11,16-21H2,1-4H3. The minimum absolute atomic E-state index is 0.504. The van der Waals surface area contributed by atoms with E-state index in [1.165, 1.54) is 56.4 Å². The van der Waals surface area contributed by atoms with Gasteiger partial charge in [-0.05, 0) is 68.3 Å². The van der Waals surface area contributed by atoms with Crippen molar-refractivity contribution in [1.29, 1.82) is 0 Å². The van der Waals surface area contributed by atoms with E-state index < -0.39 is 0 Å². The second-order valence-electron chi connectivity index (χ2n) is 8.72. The van der Waals surface area contributed by atoms with Crippen LogP contribution in [-0.4, -0.2) is 24.5 Å². The maximum Gasteiger partial charge on any atom is 0.00898 e. The average Bonchev–Trinajstić information content (AvgIpc) is 2.67. The fraction of sp³-hybridized carbons (Fsp3) is 0.538. The molecule has 0 amide bonds. The predicted octanol–water partition coefficient (Wildman–Crippen LogP) is 6.99. The third kappa shape index (κ3) is 8.30. The number of benzene rings is 2. The molecule has 0 aromatic heterocycles. The lowest BCUT2D eigenvalue weighted by atomic mass is 9.87. The zero-order chi connectivity index (χ0) is 19.5. The van der Waals surface area contributed by atoms with Gasteiger partial charge in [0.1, 0.15) is 0 Å². The molecule has 0 spiro atoms. The van der Waals surface area contributed by atoms with Crippen molar-refractivity contribution in [3.8, 4) is 0 Å². The van der Waals surface area contributed by atoms with Gasteiger partial charge in [-0.15, -0.1) is 0 Å². The van der Waals surface area contributed by atoms with Gasteiger partial charge in [0.25, 0.3) is 0 Å². The van der Waals surface area contributed by atoms with Gasteiger partial charge < -0.3 is 4.90 Å². The molecule has 0 aliphatic heterocycles. The number of hydrogen-bond acceptors (Lipinski definition) is 1. The largest absolute Gasteiger partial charge is 0.303 e. The zero-order valence-electron chi connectivity index (χ0n) is 17.9. The van der Waals surface area contributed by atoms with Gasteiger partial charge >= 0.3 is 0 Å². The summed E-state index contributed by atoms with van der Waals surface area (Å²) in [5.74, 6) is 2.07. The van der Waals surface area contributed by atoms with E-state index in [0.29, 0.717) is 5.92 Å². The van der Waals surface area contributed by atoms with E-state index in [1.54, 1.807) is 0 Å². The Morgan fingerprint density at radius 1 is 0.593 bits per heavy atom. The number of hydrogen-bond donors (Lipinski definition) is 0. The molecule has 148 valence electrons. The van der Waals surface area contributed by atoms with Crippen LogP contribution in [0, 0.1) is 11.8 Å². The topological polar surface area (TPSA) is 3.24 Å². The SMILES string of the molecule is CC(C)CCN(CCCC(c1ccccc1)c1ccccc1)CCC(C)C. The first-order valence-electron chi connectivity index (χ1n) is 10.9. The molecule has 0 heterocycles. The predicted molar refractivity (Wildman–Crippen MR) is 119 cm³/mol. The fourth-order valence-corrected chi connectivity index (χ4v) is 3.63. The first kappa shape index (κ1) is 21.7. The summed E-state index contributed by atoms with van der Waals surface area (Å²) >= 11 is 0. The smallest absolute Gasteiger partial charge is 0.00898 e. The summed E-state index contributed by atoms with van der Waals surface area (Å²) in [6, 6.07) is 22.0. The van der Waals surface area contributed by atoms with Crippen LogP contribution >= 0.6 is 0 Å². The molecule has 2 aromatic carbocycles.